The van der Waals surface area contributed by atoms with Crippen LogP contribution >= 0.6 is 0 Å². The second-order valence-corrected chi connectivity index (χ2v) is 5.45. The summed E-state index contributed by atoms with van der Waals surface area (Å²) >= 11 is 0. The molecular formula is C16H22N4O. The summed E-state index contributed by atoms with van der Waals surface area (Å²) in [6, 6.07) is 8.44. The molecule has 2 heterocycles. The Hall–Kier alpha value is -1.88. The van der Waals surface area contributed by atoms with E-state index in [-0.39, 0.29) is 0 Å². The number of hydrogen-bond donors (Lipinski definition) is 1. The average molecular weight is 286 g/mol. The highest BCUT2D eigenvalue weighted by Gasteiger charge is 2.20. The van der Waals surface area contributed by atoms with Gasteiger partial charge in [0.25, 0.3) is 5.88 Å². The first-order chi connectivity index (χ1) is 10.3. The smallest absolute Gasteiger partial charge is 0.258 e. The van der Waals surface area contributed by atoms with Gasteiger partial charge in [-0.25, -0.2) is 9.97 Å². The molecule has 0 spiro atoms. The minimum absolute atomic E-state index is 0.526. The van der Waals surface area contributed by atoms with Gasteiger partial charge < -0.3 is 15.0 Å². The number of anilines is 1. The molecule has 1 fully saturated rings. The molecular weight excluding hydrogens is 264 g/mol. The van der Waals surface area contributed by atoms with Crippen molar-refractivity contribution in [3.63, 3.8) is 0 Å². The maximum Gasteiger partial charge on any atom is 0.258 e. The molecule has 1 aliphatic heterocycles. The van der Waals surface area contributed by atoms with Crippen LogP contribution in [0.1, 0.15) is 19.8 Å². The van der Waals surface area contributed by atoms with E-state index in [2.05, 4.69) is 22.2 Å². The van der Waals surface area contributed by atoms with E-state index in [9.17, 15) is 0 Å². The fourth-order valence-electron chi connectivity index (χ4n) is 2.79. The Morgan fingerprint density at radius 1 is 1.29 bits per heavy atom. The van der Waals surface area contributed by atoms with E-state index < -0.39 is 0 Å². The van der Waals surface area contributed by atoms with Crippen LogP contribution < -0.4 is 15.0 Å². The maximum absolute atomic E-state index is 5.70. The fraction of sp³-hybridized carbons (Fsp3) is 0.500. The Morgan fingerprint density at radius 2 is 2.05 bits per heavy atom. The summed E-state index contributed by atoms with van der Waals surface area (Å²) in [5, 5.41) is 3.52. The number of para-hydroxylation sites is 2. The number of nitrogens with zero attached hydrogens (tertiary/aromatic N) is 3. The van der Waals surface area contributed by atoms with E-state index >= 15 is 0 Å². The number of benzene rings is 1. The number of fused-ring (bicyclic) bond motifs is 1. The number of rotatable bonds is 5. The van der Waals surface area contributed by atoms with Crippen molar-refractivity contribution in [3.8, 4) is 5.88 Å². The van der Waals surface area contributed by atoms with Crippen LogP contribution in [0.4, 0.5) is 5.82 Å². The molecule has 0 radical (unpaired) electrons. The van der Waals surface area contributed by atoms with Crippen molar-refractivity contribution in [1.82, 2.24) is 15.3 Å². The highest BCUT2D eigenvalue weighted by molar-refractivity contribution is 5.77. The second kappa shape index (κ2) is 6.26. The van der Waals surface area contributed by atoms with Crippen LogP contribution in [0, 0.1) is 0 Å². The third-order valence-electron chi connectivity index (χ3n) is 3.82. The minimum atomic E-state index is 0.526. The van der Waals surface area contributed by atoms with Gasteiger partial charge in [-0.05, 0) is 38.4 Å². The van der Waals surface area contributed by atoms with E-state index in [1.165, 1.54) is 12.8 Å². The zero-order chi connectivity index (χ0) is 14.7. The lowest BCUT2D eigenvalue weighted by molar-refractivity contribution is 0.327. The van der Waals surface area contributed by atoms with Crippen molar-refractivity contribution < 1.29 is 4.74 Å². The Labute approximate surface area is 125 Å². The lowest BCUT2D eigenvalue weighted by Crippen LogP contribution is -2.36. The van der Waals surface area contributed by atoms with Gasteiger partial charge in [0, 0.05) is 19.6 Å². The Kier molecular flexibility index (Phi) is 4.20. The van der Waals surface area contributed by atoms with Gasteiger partial charge >= 0.3 is 0 Å². The second-order valence-electron chi connectivity index (χ2n) is 5.45. The van der Waals surface area contributed by atoms with E-state index in [1.54, 1.807) is 0 Å². The number of aromatic nitrogens is 2. The summed E-state index contributed by atoms with van der Waals surface area (Å²) in [5.41, 5.74) is 1.78. The first kappa shape index (κ1) is 14.1. The average Bonchev–Trinajstić information content (AvgIpc) is 2.99. The molecule has 5 nitrogen and oxygen atoms in total. The molecule has 112 valence electrons. The van der Waals surface area contributed by atoms with Gasteiger partial charge in [0.05, 0.1) is 17.6 Å². The fourth-order valence-corrected chi connectivity index (χ4v) is 2.79. The van der Waals surface area contributed by atoms with Gasteiger partial charge in [-0.3, -0.25) is 0 Å². The molecule has 0 aliphatic carbocycles. The van der Waals surface area contributed by atoms with Gasteiger partial charge in [0.1, 0.15) is 0 Å². The van der Waals surface area contributed by atoms with Crippen LogP contribution in [-0.2, 0) is 0 Å². The number of likely N-dealkylation sites (N-methyl/N-ethyl adjacent to an activating group) is 1. The molecule has 1 aromatic carbocycles. The molecule has 1 atom stereocenters. The quantitative estimate of drug-likeness (QED) is 0.913. The van der Waals surface area contributed by atoms with Crippen LogP contribution in [0.15, 0.2) is 24.3 Å². The van der Waals surface area contributed by atoms with Gasteiger partial charge in [-0.1, -0.05) is 12.1 Å². The zero-order valence-electron chi connectivity index (χ0n) is 12.7. The predicted molar refractivity (Wildman–Crippen MR) is 85.0 cm³/mol. The van der Waals surface area contributed by atoms with E-state index in [1.807, 2.05) is 31.2 Å². The summed E-state index contributed by atoms with van der Waals surface area (Å²) in [6.45, 7) is 4.60. The number of nitrogens with one attached hydrogen (secondary N) is 1. The largest absolute Gasteiger partial charge is 0.475 e. The topological polar surface area (TPSA) is 50.3 Å². The predicted octanol–water partition coefficient (Wildman–Crippen LogP) is 2.22. The molecule has 1 aliphatic rings. The summed E-state index contributed by atoms with van der Waals surface area (Å²) in [7, 11) is 2.06. The zero-order valence-corrected chi connectivity index (χ0v) is 12.7. The molecule has 0 amide bonds. The summed E-state index contributed by atoms with van der Waals surface area (Å²) in [4.78, 5) is 11.5. The first-order valence-electron chi connectivity index (χ1n) is 7.62. The molecule has 0 bridgehead atoms. The lowest BCUT2D eigenvalue weighted by atomic mass is 10.2. The molecule has 0 saturated carbocycles. The van der Waals surface area contributed by atoms with Crippen LogP contribution in [-0.4, -0.2) is 42.8 Å². The van der Waals surface area contributed by atoms with Crippen molar-refractivity contribution in [3.05, 3.63) is 24.3 Å². The van der Waals surface area contributed by atoms with Crippen molar-refractivity contribution in [2.75, 3.05) is 31.6 Å². The lowest BCUT2D eigenvalue weighted by Gasteiger charge is -2.24. The Morgan fingerprint density at radius 3 is 2.71 bits per heavy atom. The molecule has 1 N–H and O–H groups in total. The molecule has 21 heavy (non-hydrogen) atoms. The highest BCUT2D eigenvalue weighted by Crippen LogP contribution is 2.26. The monoisotopic (exact) mass is 286 g/mol. The van der Waals surface area contributed by atoms with Crippen LogP contribution in [0.2, 0.25) is 0 Å². The van der Waals surface area contributed by atoms with Crippen LogP contribution in [0.25, 0.3) is 11.0 Å². The van der Waals surface area contributed by atoms with Crippen molar-refractivity contribution in [1.29, 1.82) is 0 Å². The number of ether oxygens (including phenoxy) is 1. The minimum Gasteiger partial charge on any atom is -0.475 e. The number of hydrogen-bond acceptors (Lipinski definition) is 5. The maximum atomic E-state index is 5.70. The van der Waals surface area contributed by atoms with E-state index in [0.717, 1.165) is 29.9 Å². The molecule has 5 heteroatoms. The SMILES string of the molecule is CCOc1nc2ccccc2nc1N(C)C[C@@H]1CCCN1. The summed E-state index contributed by atoms with van der Waals surface area (Å²) < 4.78 is 5.70. The van der Waals surface area contributed by atoms with Crippen LogP contribution in [0.5, 0.6) is 5.88 Å². The third kappa shape index (κ3) is 3.08. The molecule has 2 aromatic rings. The Bertz CT molecular complexity index is 610. The molecule has 0 unspecified atom stereocenters. The van der Waals surface area contributed by atoms with E-state index in [0.29, 0.717) is 18.5 Å². The summed E-state index contributed by atoms with van der Waals surface area (Å²) in [5.74, 6) is 1.45. The van der Waals surface area contributed by atoms with Crippen molar-refractivity contribution >= 4 is 16.9 Å². The Balaban J connectivity index is 1.91. The van der Waals surface area contributed by atoms with Crippen LogP contribution in [0.3, 0.4) is 0 Å². The first-order valence-corrected chi connectivity index (χ1v) is 7.62. The van der Waals surface area contributed by atoms with Gasteiger partial charge in [0.2, 0.25) is 0 Å². The third-order valence-corrected chi connectivity index (χ3v) is 3.82. The normalized spacial score (nSPS) is 18.1. The highest BCUT2D eigenvalue weighted by atomic mass is 16.5. The molecule has 1 saturated heterocycles. The van der Waals surface area contributed by atoms with Crippen molar-refractivity contribution in [2.24, 2.45) is 0 Å². The van der Waals surface area contributed by atoms with Gasteiger partial charge in [0.15, 0.2) is 5.82 Å². The molecule has 1 aromatic heterocycles. The van der Waals surface area contributed by atoms with Gasteiger partial charge in [-0.15, -0.1) is 0 Å². The standard InChI is InChI=1S/C16H22N4O/c1-3-21-16-15(20(2)11-12-7-6-10-17-12)18-13-8-4-5-9-14(13)19-16/h4-5,8-9,12,17H,3,6-7,10-11H2,1-2H3/t12-/m0/s1. The van der Waals surface area contributed by atoms with E-state index in [4.69, 9.17) is 9.72 Å². The summed E-state index contributed by atoms with van der Waals surface area (Å²) in [6.07, 6.45) is 2.47. The van der Waals surface area contributed by atoms with Gasteiger partial charge in [-0.2, -0.15) is 0 Å². The van der Waals surface area contributed by atoms with Crippen molar-refractivity contribution in [2.45, 2.75) is 25.8 Å². The molecule has 3 rings (SSSR count).